The summed E-state index contributed by atoms with van der Waals surface area (Å²) in [5.74, 6) is 0.616. The maximum Gasteiger partial charge on any atom is 0.222 e. The molecule has 2 aromatic heterocycles. The van der Waals surface area contributed by atoms with Gasteiger partial charge in [0.15, 0.2) is 5.65 Å². The van der Waals surface area contributed by atoms with E-state index in [1.54, 1.807) is 4.52 Å². The molecule has 1 saturated heterocycles. The fraction of sp³-hybridized carbons (Fsp3) is 0.579. The lowest BCUT2D eigenvalue weighted by atomic mass is 10.0. The Morgan fingerprint density at radius 2 is 2.31 bits per heavy atom. The molecule has 0 spiro atoms. The molecule has 1 aliphatic heterocycles. The normalized spacial score (nSPS) is 16.8. The van der Waals surface area contributed by atoms with Gasteiger partial charge in [0.2, 0.25) is 5.91 Å². The molecule has 0 aromatic carbocycles. The van der Waals surface area contributed by atoms with E-state index in [9.17, 15) is 4.79 Å². The number of nitrogens with zero attached hydrogens (tertiary/aromatic N) is 5. The van der Waals surface area contributed by atoms with E-state index in [0.717, 1.165) is 49.7 Å². The quantitative estimate of drug-likeness (QED) is 0.792. The molecule has 1 fully saturated rings. The van der Waals surface area contributed by atoms with Gasteiger partial charge < -0.3 is 9.64 Å². The van der Waals surface area contributed by atoms with Crippen LogP contribution >= 0.6 is 0 Å². The highest BCUT2D eigenvalue weighted by molar-refractivity contribution is 5.76. The molecular formula is C19H25N5O2. The van der Waals surface area contributed by atoms with E-state index in [0.29, 0.717) is 30.0 Å². The van der Waals surface area contributed by atoms with Crippen molar-refractivity contribution in [2.75, 3.05) is 26.3 Å². The number of hydrogen-bond acceptors (Lipinski definition) is 5. The van der Waals surface area contributed by atoms with E-state index in [1.165, 1.54) is 6.20 Å². The van der Waals surface area contributed by atoms with Gasteiger partial charge in [-0.2, -0.15) is 10.4 Å². The number of aromatic nitrogens is 3. The Morgan fingerprint density at radius 1 is 1.50 bits per heavy atom. The topological polar surface area (TPSA) is 83.5 Å². The van der Waals surface area contributed by atoms with Crippen molar-refractivity contribution in [1.82, 2.24) is 19.5 Å². The summed E-state index contributed by atoms with van der Waals surface area (Å²) in [5, 5.41) is 13.4. The van der Waals surface area contributed by atoms with Crippen molar-refractivity contribution in [2.45, 2.75) is 40.0 Å². The Bertz CT molecular complexity index is 846. The van der Waals surface area contributed by atoms with Crippen molar-refractivity contribution in [1.29, 1.82) is 5.26 Å². The Morgan fingerprint density at radius 3 is 2.96 bits per heavy atom. The summed E-state index contributed by atoms with van der Waals surface area (Å²) in [5.41, 5.74) is 3.86. The lowest BCUT2D eigenvalue weighted by Gasteiger charge is -2.24. The lowest BCUT2D eigenvalue weighted by Crippen LogP contribution is -2.35. The maximum atomic E-state index is 12.7. The SMILES string of the molecule is CCN(C[C@@H]1CCOC1)C(=O)CCc1c(C)nc2c(C#N)cnn2c1C. The molecule has 26 heavy (non-hydrogen) atoms. The molecule has 138 valence electrons. The third kappa shape index (κ3) is 3.56. The number of hydrogen-bond donors (Lipinski definition) is 0. The second-order valence-electron chi connectivity index (χ2n) is 6.83. The number of ether oxygens (including phenoxy) is 1. The molecule has 0 unspecified atom stereocenters. The molecule has 3 rings (SSSR count). The van der Waals surface area contributed by atoms with Gasteiger partial charge in [0.1, 0.15) is 11.6 Å². The minimum absolute atomic E-state index is 0.163. The summed E-state index contributed by atoms with van der Waals surface area (Å²) < 4.78 is 7.11. The fourth-order valence-electron chi connectivity index (χ4n) is 3.59. The van der Waals surface area contributed by atoms with E-state index < -0.39 is 0 Å². The first kappa shape index (κ1) is 18.3. The Hall–Kier alpha value is -2.46. The first-order valence-electron chi connectivity index (χ1n) is 9.14. The van der Waals surface area contributed by atoms with Crippen LogP contribution in [0.1, 0.15) is 42.3 Å². The van der Waals surface area contributed by atoms with Crippen LogP contribution in [0.4, 0.5) is 0 Å². The minimum Gasteiger partial charge on any atom is -0.381 e. The van der Waals surface area contributed by atoms with Crippen LogP contribution in [-0.4, -0.2) is 51.7 Å². The minimum atomic E-state index is 0.163. The lowest BCUT2D eigenvalue weighted by molar-refractivity contribution is -0.131. The van der Waals surface area contributed by atoms with Crippen molar-refractivity contribution < 1.29 is 9.53 Å². The molecule has 0 N–H and O–H groups in total. The Kier molecular flexibility index (Phi) is 5.52. The van der Waals surface area contributed by atoms with Crippen LogP contribution in [0.25, 0.3) is 5.65 Å². The van der Waals surface area contributed by atoms with Gasteiger partial charge in [0.05, 0.1) is 12.8 Å². The van der Waals surface area contributed by atoms with Crippen LogP contribution in [0.2, 0.25) is 0 Å². The van der Waals surface area contributed by atoms with Crippen LogP contribution < -0.4 is 0 Å². The van der Waals surface area contributed by atoms with Gasteiger partial charge in [0.25, 0.3) is 0 Å². The highest BCUT2D eigenvalue weighted by Gasteiger charge is 2.22. The highest BCUT2D eigenvalue weighted by atomic mass is 16.5. The third-order valence-electron chi connectivity index (χ3n) is 5.15. The summed E-state index contributed by atoms with van der Waals surface area (Å²) in [7, 11) is 0. The zero-order valence-electron chi connectivity index (χ0n) is 15.7. The molecule has 0 bridgehead atoms. The zero-order chi connectivity index (χ0) is 18.7. The Balaban J connectivity index is 1.72. The summed E-state index contributed by atoms with van der Waals surface area (Å²) in [4.78, 5) is 19.1. The summed E-state index contributed by atoms with van der Waals surface area (Å²) in [6, 6.07) is 2.11. The van der Waals surface area contributed by atoms with Crippen LogP contribution in [-0.2, 0) is 16.0 Å². The molecule has 7 heteroatoms. The molecule has 0 saturated carbocycles. The van der Waals surface area contributed by atoms with Crippen LogP contribution in [0.15, 0.2) is 6.20 Å². The molecule has 3 heterocycles. The van der Waals surface area contributed by atoms with Gasteiger partial charge in [-0.25, -0.2) is 9.50 Å². The van der Waals surface area contributed by atoms with Gasteiger partial charge >= 0.3 is 0 Å². The van der Waals surface area contributed by atoms with Crippen molar-refractivity contribution >= 4 is 11.6 Å². The van der Waals surface area contributed by atoms with E-state index >= 15 is 0 Å². The number of aryl methyl sites for hydroxylation is 2. The van der Waals surface area contributed by atoms with Crippen molar-refractivity contribution in [2.24, 2.45) is 5.92 Å². The molecule has 2 aromatic rings. The van der Waals surface area contributed by atoms with Gasteiger partial charge in [-0.3, -0.25) is 4.79 Å². The predicted molar refractivity (Wildman–Crippen MR) is 96.7 cm³/mol. The number of carbonyl (C=O) groups excluding carboxylic acids is 1. The summed E-state index contributed by atoms with van der Waals surface area (Å²) >= 11 is 0. The van der Waals surface area contributed by atoms with Crippen LogP contribution in [0, 0.1) is 31.1 Å². The molecule has 1 atom stereocenters. The smallest absolute Gasteiger partial charge is 0.222 e. The van der Waals surface area contributed by atoms with Crippen LogP contribution in [0.5, 0.6) is 0 Å². The average Bonchev–Trinajstić information content (AvgIpc) is 3.28. The van der Waals surface area contributed by atoms with Crippen molar-refractivity contribution in [3.05, 3.63) is 28.7 Å². The Labute approximate surface area is 153 Å². The molecule has 0 radical (unpaired) electrons. The van der Waals surface area contributed by atoms with E-state index in [2.05, 4.69) is 16.2 Å². The number of rotatable bonds is 6. The van der Waals surface area contributed by atoms with Crippen molar-refractivity contribution in [3.8, 4) is 6.07 Å². The number of nitriles is 1. The van der Waals surface area contributed by atoms with Crippen molar-refractivity contribution in [3.63, 3.8) is 0 Å². The van der Waals surface area contributed by atoms with Gasteiger partial charge in [-0.05, 0) is 39.2 Å². The molecule has 1 amide bonds. The van der Waals surface area contributed by atoms with Crippen LogP contribution in [0.3, 0.4) is 0 Å². The number of amides is 1. The maximum absolute atomic E-state index is 12.7. The molecular weight excluding hydrogens is 330 g/mol. The second-order valence-corrected chi connectivity index (χ2v) is 6.83. The molecule has 7 nitrogen and oxygen atoms in total. The highest BCUT2D eigenvalue weighted by Crippen LogP contribution is 2.19. The largest absolute Gasteiger partial charge is 0.381 e. The fourth-order valence-corrected chi connectivity index (χ4v) is 3.59. The number of carbonyl (C=O) groups is 1. The van der Waals surface area contributed by atoms with Gasteiger partial charge in [-0.1, -0.05) is 0 Å². The van der Waals surface area contributed by atoms with Gasteiger partial charge in [-0.15, -0.1) is 0 Å². The van der Waals surface area contributed by atoms with E-state index in [1.807, 2.05) is 25.7 Å². The molecule has 1 aliphatic rings. The standard InChI is InChI=1S/C19H25N5O2/c1-4-23(11-15-7-8-26-12-15)18(25)6-5-17-13(2)22-19-16(9-20)10-21-24(19)14(17)3/h10,15H,4-8,11-12H2,1-3H3/t15-/m0/s1. The molecule has 0 aliphatic carbocycles. The third-order valence-corrected chi connectivity index (χ3v) is 5.15. The first-order valence-corrected chi connectivity index (χ1v) is 9.14. The predicted octanol–water partition coefficient (Wildman–Crippen LogP) is 2.04. The average molecular weight is 355 g/mol. The summed E-state index contributed by atoms with van der Waals surface area (Å²) in [6.45, 7) is 8.95. The zero-order valence-corrected chi connectivity index (χ0v) is 15.7. The number of fused-ring (bicyclic) bond motifs is 1. The van der Waals surface area contributed by atoms with E-state index in [4.69, 9.17) is 10.00 Å². The van der Waals surface area contributed by atoms with Gasteiger partial charge in [0, 0.05) is 43.4 Å². The second kappa shape index (κ2) is 7.83. The summed E-state index contributed by atoms with van der Waals surface area (Å²) in [6.07, 6.45) is 3.64. The van der Waals surface area contributed by atoms with E-state index in [-0.39, 0.29) is 5.91 Å². The monoisotopic (exact) mass is 355 g/mol. The first-order chi connectivity index (χ1) is 12.5.